The molecule has 0 aromatic rings. The van der Waals surface area contributed by atoms with Gasteiger partial charge in [0.25, 0.3) is 0 Å². The molecule has 0 radical (unpaired) electrons. The standard InChI is InChI=1S/C7H14ClNO/c8-3-1-4-9-5-2-7(10)6-9/h7,10H,1-6H2/t7-/m1/s1. The van der Waals surface area contributed by atoms with Gasteiger partial charge in [0.05, 0.1) is 6.10 Å². The van der Waals surface area contributed by atoms with Crippen LogP contribution in [-0.2, 0) is 0 Å². The molecule has 0 bridgehead atoms. The van der Waals surface area contributed by atoms with Crippen molar-refractivity contribution in [3.63, 3.8) is 0 Å². The van der Waals surface area contributed by atoms with Crippen LogP contribution in [0.25, 0.3) is 0 Å². The van der Waals surface area contributed by atoms with E-state index in [4.69, 9.17) is 16.7 Å². The van der Waals surface area contributed by atoms with E-state index in [0.29, 0.717) is 0 Å². The number of aliphatic hydroxyl groups is 1. The Morgan fingerprint density at radius 1 is 1.60 bits per heavy atom. The van der Waals surface area contributed by atoms with Crippen LogP contribution in [0.15, 0.2) is 0 Å². The fourth-order valence-corrected chi connectivity index (χ4v) is 1.42. The summed E-state index contributed by atoms with van der Waals surface area (Å²) in [7, 11) is 0. The number of rotatable bonds is 3. The highest BCUT2D eigenvalue weighted by Gasteiger charge is 2.18. The van der Waals surface area contributed by atoms with Crippen LogP contribution in [0.4, 0.5) is 0 Å². The van der Waals surface area contributed by atoms with Crippen LogP contribution in [0.2, 0.25) is 0 Å². The third-order valence-corrected chi connectivity index (χ3v) is 2.12. The first-order valence-corrected chi connectivity index (χ1v) is 4.33. The summed E-state index contributed by atoms with van der Waals surface area (Å²) in [6.45, 7) is 2.93. The number of alkyl halides is 1. The zero-order chi connectivity index (χ0) is 7.40. The second-order valence-electron chi connectivity index (χ2n) is 2.79. The molecule has 0 aromatic heterocycles. The molecule has 1 N–H and O–H groups in total. The van der Waals surface area contributed by atoms with Gasteiger partial charge in [-0.2, -0.15) is 0 Å². The van der Waals surface area contributed by atoms with Crippen molar-refractivity contribution in [3.05, 3.63) is 0 Å². The lowest BCUT2D eigenvalue weighted by Gasteiger charge is -2.12. The second-order valence-corrected chi connectivity index (χ2v) is 3.16. The van der Waals surface area contributed by atoms with Gasteiger partial charge in [-0.25, -0.2) is 0 Å². The zero-order valence-corrected chi connectivity index (χ0v) is 6.85. The van der Waals surface area contributed by atoms with Gasteiger partial charge in [-0.15, -0.1) is 11.6 Å². The fraction of sp³-hybridized carbons (Fsp3) is 1.00. The minimum atomic E-state index is -0.0877. The maximum Gasteiger partial charge on any atom is 0.0679 e. The number of β-amino-alcohol motifs (C(OH)–C–C–N with tert-alkyl or cyclic N) is 1. The molecule has 0 unspecified atom stereocenters. The number of nitrogens with zero attached hydrogens (tertiary/aromatic N) is 1. The molecule has 60 valence electrons. The van der Waals surface area contributed by atoms with Gasteiger partial charge in [-0.1, -0.05) is 0 Å². The van der Waals surface area contributed by atoms with Crippen molar-refractivity contribution >= 4 is 11.6 Å². The molecule has 0 spiro atoms. The fourth-order valence-electron chi connectivity index (χ4n) is 1.30. The molecule has 1 heterocycles. The first-order chi connectivity index (χ1) is 4.83. The van der Waals surface area contributed by atoms with Crippen LogP contribution < -0.4 is 0 Å². The Morgan fingerprint density at radius 3 is 2.90 bits per heavy atom. The predicted molar refractivity (Wildman–Crippen MR) is 42.4 cm³/mol. The van der Waals surface area contributed by atoms with E-state index < -0.39 is 0 Å². The van der Waals surface area contributed by atoms with Crippen LogP contribution in [0.1, 0.15) is 12.8 Å². The first-order valence-electron chi connectivity index (χ1n) is 3.79. The highest BCUT2D eigenvalue weighted by atomic mass is 35.5. The number of hydrogen-bond acceptors (Lipinski definition) is 2. The minimum absolute atomic E-state index is 0.0877. The minimum Gasteiger partial charge on any atom is -0.392 e. The lowest BCUT2D eigenvalue weighted by atomic mass is 10.3. The van der Waals surface area contributed by atoms with Gasteiger partial charge in [0, 0.05) is 19.0 Å². The molecule has 1 aliphatic heterocycles. The van der Waals surface area contributed by atoms with E-state index in [9.17, 15) is 0 Å². The Kier molecular flexibility index (Phi) is 3.46. The van der Waals surface area contributed by atoms with Crippen molar-refractivity contribution in [2.45, 2.75) is 18.9 Å². The van der Waals surface area contributed by atoms with E-state index in [1.165, 1.54) is 0 Å². The summed E-state index contributed by atoms with van der Waals surface area (Å²) in [4.78, 5) is 2.26. The Hall–Kier alpha value is 0.210. The summed E-state index contributed by atoms with van der Waals surface area (Å²) in [5.74, 6) is 0.729. The average Bonchev–Trinajstić information content (AvgIpc) is 2.31. The smallest absolute Gasteiger partial charge is 0.0679 e. The van der Waals surface area contributed by atoms with Crippen molar-refractivity contribution in [3.8, 4) is 0 Å². The monoisotopic (exact) mass is 163 g/mol. The maximum atomic E-state index is 9.12. The summed E-state index contributed by atoms with van der Waals surface area (Å²) in [5.41, 5.74) is 0. The average molecular weight is 164 g/mol. The lowest BCUT2D eigenvalue weighted by Crippen LogP contribution is -2.23. The van der Waals surface area contributed by atoms with E-state index in [2.05, 4.69) is 4.90 Å². The molecule has 10 heavy (non-hydrogen) atoms. The highest BCUT2D eigenvalue weighted by Crippen LogP contribution is 2.08. The Balaban J connectivity index is 2.06. The summed E-state index contributed by atoms with van der Waals surface area (Å²) < 4.78 is 0. The summed E-state index contributed by atoms with van der Waals surface area (Å²) in [5, 5.41) is 9.12. The topological polar surface area (TPSA) is 23.5 Å². The van der Waals surface area contributed by atoms with Crippen molar-refractivity contribution in [2.24, 2.45) is 0 Å². The van der Waals surface area contributed by atoms with E-state index in [0.717, 1.165) is 38.4 Å². The van der Waals surface area contributed by atoms with E-state index in [-0.39, 0.29) is 6.10 Å². The van der Waals surface area contributed by atoms with Crippen molar-refractivity contribution in [1.29, 1.82) is 0 Å². The van der Waals surface area contributed by atoms with Gasteiger partial charge >= 0.3 is 0 Å². The van der Waals surface area contributed by atoms with Crippen LogP contribution in [0.3, 0.4) is 0 Å². The van der Waals surface area contributed by atoms with Crippen LogP contribution >= 0.6 is 11.6 Å². The largest absolute Gasteiger partial charge is 0.392 e. The van der Waals surface area contributed by atoms with Crippen LogP contribution in [-0.4, -0.2) is 41.6 Å². The van der Waals surface area contributed by atoms with Crippen LogP contribution in [0, 0.1) is 0 Å². The van der Waals surface area contributed by atoms with Gasteiger partial charge in [0.2, 0.25) is 0 Å². The molecule has 1 aliphatic rings. The lowest BCUT2D eigenvalue weighted by molar-refractivity contribution is 0.176. The number of hydrogen-bond donors (Lipinski definition) is 1. The van der Waals surface area contributed by atoms with Crippen molar-refractivity contribution in [1.82, 2.24) is 4.90 Å². The summed E-state index contributed by atoms with van der Waals surface area (Å²) >= 11 is 5.53. The van der Waals surface area contributed by atoms with Gasteiger partial charge in [-0.3, -0.25) is 0 Å². The summed E-state index contributed by atoms with van der Waals surface area (Å²) in [6.07, 6.45) is 1.88. The molecule has 3 heteroatoms. The molecule has 0 saturated carbocycles. The third-order valence-electron chi connectivity index (χ3n) is 1.86. The Labute approximate surface area is 66.8 Å². The zero-order valence-electron chi connectivity index (χ0n) is 6.09. The number of likely N-dealkylation sites (tertiary alicyclic amines) is 1. The van der Waals surface area contributed by atoms with E-state index >= 15 is 0 Å². The quantitative estimate of drug-likeness (QED) is 0.619. The molecule has 1 fully saturated rings. The first kappa shape index (κ1) is 8.31. The molecule has 1 saturated heterocycles. The Bertz CT molecular complexity index is 99.6. The van der Waals surface area contributed by atoms with E-state index in [1.807, 2.05) is 0 Å². The molecule has 0 amide bonds. The molecule has 1 rings (SSSR count). The van der Waals surface area contributed by atoms with Gasteiger partial charge < -0.3 is 10.0 Å². The van der Waals surface area contributed by atoms with Crippen LogP contribution in [0.5, 0.6) is 0 Å². The molecular formula is C7H14ClNO. The van der Waals surface area contributed by atoms with Gasteiger partial charge in [0.1, 0.15) is 0 Å². The molecular weight excluding hydrogens is 150 g/mol. The SMILES string of the molecule is O[C@@H]1CCN(CCCCl)C1. The summed E-state index contributed by atoms with van der Waals surface area (Å²) in [6, 6.07) is 0. The van der Waals surface area contributed by atoms with E-state index in [1.54, 1.807) is 0 Å². The number of halogens is 1. The van der Waals surface area contributed by atoms with Gasteiger partial charge in [-0.05, 0) is 19.4 Å². The molecule has 0 aromatic carbocycles. The predicted octanol–water partition coefficient (Wildman–Crippen LogP) is 0.682. The highest BCUT2D eigenvalue weighted by molar-refractivity contribution is 6.17. The molecule has 1 atom stereocenters. The Morgan fingerprint density at radius 2 is 2.40 bits per heavy atom. The van der Waals surface area contributed by atoms with Gasteiger partial charge in [0.15, 0.2) is 0 Å². The number of aliphatic hydroxyl groups excluding tert-OH is 1. The second kappa shape index (κ2) is 4.16. The maximum absolute atomic E-state index is 9.12. The third kappa shape index (κ3) is 2.45. The molecule has 2 nitrogen and oxygen atoms in total. The normalized spacial score (nSPS) is 27.6. The molecule has 0 aliphatic carbocycles. The van der Waals surface area contributed by atoms with Crippen molar-refractivity contribution in [2.75, 3.05) is 25.5 Å². The van der Waals surface area contributed by atoms with Crippen molar-refractivity contribution < 1.29 is 5.11 Å².